The molecule has 0 unspecified atom stereocenters. The lowest BCUT2D eigenvalue weighted by Crippen LogP contribution is -2.64. The molecule has 23 nitrogen and oxygen atoms in total. The number of carboxylic acids is 1. The van der Waals surface area contributed by atoms with Gasteiger partial charge >= 0.3 is 11.9 Å². The molecule has 2 saturated carbocycles. The van der Waals surface area contributed by atoms with Gasteiger partial charge in [0.15, 0.2) is 24.8 Å². The Kier molecular flexibility index (Phi) is 17.3. The smallest absolute Gasteiger partial charge is 0.338 e. The molecule has 15 atom stereocenters. The third kappa shape index (κ3) is 12.3. The molecule has 2 aromatic carbocycles. The number of ether oxygens (including phenoxy) is 6. The first-order valence-electron chi connectivity index (χ1n) is 24.6. The number of carbonyl (C=O) groups excluding carboxylic acids is 2. The van der Waals surface area contributed by atoms with E-state index in [4.69, 9.17) is 28.4 Å². The van der Waals surface area contributed by atoms with Crippen molar-refractivity contribution in [3.63, 3.8) is 0 Å². The van der Waals surface area contributed by atoms with Crippen LogP contribution in [0.15, 0.2) is 60.9 Å². The van der Waals surface area contributed by atoms with Crippen molar-refractivity contribution < 1.29 is 78.4 Å². The average molecular weight is 1010 g/mol. The molecule has 0 radical (unpaired) electrons. The first kappa shape index (κ1) is 52.8. The predicted molar refractivity (Wildman–Crippen MR) is 250 cm³/mol. The maximum absolute atomic E-state index is 14.1. The molecular formula is C49H64N6O17. The first-order chi connectivity index (χ1) is 34.6. The third-order valence-corrected chi connectivity index (χ3v) is 14.4. The van der Waals surface area contributed by atoms with Crippen molar-refractivity contribution in [3.05, 3.63) is 87.9 Å². The Balaban J connectivity index is 1.02. The normalized spacial score (nSPS) is 31.7. The number of aliphatic hydroxyl groups excluding tert-OH is 5. The number of benzene rings is 2. The van der Waals surface area contributed by atoms with Crippen molar-refractivity contribution in [3.8, 4) is 0 Å². The molecule has 8 rings (SSSR count). The molecule has 0 bridgehead atoms. The number of hydrogen-bond donors (Lipinski definition) is 8. The van der Waals surface area contributed by atoms with Gasteiger partial charge in [-0.05, 0) is 61.8 Å². The van der Waals surface area contributed by atoms with Crippen LogP contribution in [0.2, 0.25) is 0 Å². The molecule has 8 N–H and O–H groups in total. The number of aromatic amines is 1. The van der Waals surface area contributed by atoms with Gasteiger partial charge in [-0.1, -0.05) is 62.4 Å². The van der Waals surface area contributed by atoms with E-state index in [9.17, 15) is 55.1 Å². The summed E-state index contributed by atoms with van der Waals surface area (Å²) in [6, 6.07) is 12.5. The summed E-state index contributed by atoms with van der Waals surface area (Å²) in [6.07, 6.45) is -10.4. The molecule has 4 fully saturated rings. The van der Waals surface area contributed by atoms with E-state index >= 15 is 0 Å². The second-order valence-corrected chi connectivity index (χ2v) is 19.5. The van der Waals surface area contributed by atoms with E-state index in [-0.39, 0.29) is 48.9 Å². The van der Waals surface area contributed by atoms with Crippen LogP contribution in [0.1, 0.15) is 86.8 Å². The molecule has 2 aliphatic carbocycles. The molecule has 23 heteroatoms. The molecule has 2 aliphatic heterocycles. The van der Waals surface area contributed by atoms with Crippen LogP contribution in [-0.4, -0.2) is 166 Å². The van der Waals surface area contributed by atoms with Gasteiger partial charge in [-0.3, -0.25) is 14.9 Å². The van der Waals surface area contributed by atoms with Gasteiger partial charge < -0.3 is 69.4 Å². The maximum Gasteiger partial charge on any atom is 0.338 e. The van der Waals surface area contributed by atoms with Crippen molar-refractivity contribution in [2.75, 3.05) is 13.2 Å². The first-order valence-corrected chi connectivity index (χ1v) is 24.6. The topological polar surface area (TPSA) is 330 Å². The van der Waals surface area contributed by atoms with Crippen molar-refractivity contribution in [1.29, 1.82) is 0 Å². The molecule has 1 amide bonds. The van der Waals surface area contributed by atoms with Crippen LogP contribution in [0.25, 0.3) is 10.9 Å². The van der Waals surface area contributed by atoms with Crippen molar-refractivity contribution in [1.82, 2.24) is 25.3 Å². The number of hydrogen-bond acceptors (Lipinski definition) is 18. The van der Waals surface area contributed by atoms with E-state index in [2.05, 4.69) is 20.6 Å². The second-order valence-electron chi connectivity index (χ2n) is 19.5. The van der Waals surface area contributed by atoms with Gasteiger partial charge in [-0.15, -0.1) is 5.10 Å². The number of nitro benzene ring substituents is 1. The van der Waals surface area contributed by atoms with Crippen LogP contribution in [0.4, 0.5) is 5.69 Å². The molecule has 4 heterocycles. The zero-order valence-corrected chi connectivity index (χ0v) is 40.0. The highest BCUT2D eigenvalue weighted by atomic mass is 16.7. The molecule has 392 valence electrons. The van der Waals surface area contributed by atoms with E-state index in [1.165, 1.54) is 31.2 Å². The van der Waals surface area contributed by atoms with E-state index < -0.39 is 115 Å². The highest BCUT2D eigenvalue weighted by Crippen LogP contribution is 2.39. The lowest BCUT2D eigenvalue weighted by atomic mass is 9.77. The quantitative estimate of drug-likeness (QED) is 0.0379. The zero-order chi connectivity index (χ0) is 51.2. The summed E-state index contributed by atoms with van der Waals surface area (Å²) < 4.78 is 39.0. The number of rotatable bonds is 19. The summed E-state index contributed by atoms with van der Waals surface area (Å²) in [4.78, 5) is 54.6. The Morgan fingerprint density at radius 2 is 1.69 bits per heavy atom. The maximum atomic E-state index is 14.1. The summed E-state index contributed by atoms with van der Waals surface area (Å²) >= 11 is 0. The summed E-state index contributed by atoms with van der Waals surface area (Å²) in [6.45, 7) is 2.98. The number of aliphatic hydroxyl groups is 5. The lowest BCUT2D eigenvalue weighted by Gasteiger charge is -2.48. The minimum absolute atomic E-state index is 0.0218. The zero-order valence-electron chi connectivity index (χ0n) is 40.0. The Morgan fingerprint density at radius 3 is 2.42 bits per heavy atom. The van der Waals surface area contributed by atoms with Crippen molar-refractivity contribution in [2.24, 2.45) is 17.8 Å². The minimum Gasteiger partial charge on any atom is -0.479 e. The predicted octanol–water partition coefficient (Wildman–Crippen LogP) is 2.13. The Hall–Kier alpha value is -5.47. The van der Waals surface area contributed by atoms with E-state index in [1.807, 2.05) is 0 Å². The highest BCUT2D eigenvalue weighted by molar-refractivity contribution is 5.89. The summed E-state index contributed by atoms with van der Waals surface area (Å²) in [5.41, 5.74) is 2.10. The van der Waals surface area contributed by atoms with Gasteiger partial charge in [0, 0.05) is 48.8 Å². The van der Waals surface area contributed by atoms with Gasteiger partial charge in [-0.2, -0.15) is 0 Å². The van der Waals surface area contributed by atoms with Crippen LogP contribution in [0, 0.1) is 27.9 Å². The van der Waals surface area contributed by atoms with E-state index in [0.717, 1.165) is 43.1 Å². The molecule has 72 heavy (non-hydrogen) atoms. The number of carboxylic acid groups (broad SMARTS) is 1. The number of nitrogens with one attached hydrogen (secondary N) is 2. The van der Waals surface area contributed by atoms with Gasteiger partial charge in [0.1, 0.15) is 36.6 Å². The van der Waals surface area contributed by atoms with Gasteiger partial charge in [0.05, 0.1) is 53.2 Å². The third-order valence-electron chi connectivity index (χ3n) is 14.4. The van der Waals surface area contributed by atoms with E-state index in [1.54, 1.807) is 48.3 Å². The Labute approximate surface area is 413 Å². The van der Waals surface area contributed by atoms with Crippen LogP contribution < -0.4 is 5.32 Å². The molecular weight excluding hydrogens is 945 g/mol. The number of H-pyrrole nitrogens is 1. The average Bonchev–Trinajstić information content (AvgIpc) is 4.01. The van der Waals surface area contributed by atoms with Gasteiger partial charge in [0.25, 0.3) is 5.69 Å². The van der Waals surface area contributed by atoms with Crippen LogP contribution >= 0.6 is 0 Å². The Bertz CT molecular complexity index is 2470. The number of aliphatic carboxylic acids is 1. The SMILES string of the molecule is C[C@@H]1O[C@@H](O[C@@H]2[C@@H](C)C[C@@H](C(=O)NCCc3cn(Cc4c[nH]c5cc([N+](=O)[O-])ccc45)nn3)C[C@H]2O[C@@H]2O[C@H](CO)[C@H](O)[C@H](O[C@@H](CC3CCCCC3)C(=O)O)[C@H]2OC(=O)c2ccccc2)[C@@H](O)[C@H](O)[C@@H]1O. The van der Waals surface area contributed by atoms with Crippen molar-refractivity contribution >= 4 is 34.4 Å². The Morgan fingerprint density at radius 1 is 0.931 bits per heavy atom. The van der Waals surface area contributed by atoms with E-state index in [0.29, 0.717) is 24.2 Å². The number of nitrogens with zero attached hydrogens (tertiary/aromatic N) is 4. The van der Waals surface area contributed by atoms with Gasteiger partial charge in [-0.25, -0.2) is 14.3 Å². The van der Waals surface area contributed by atoms with Crippen LogP contribution in [0.5, 0.6) is 0 Å². The number of aromatic nitrogens is 4. The molecule has 4 aliphatic rings. The summed E-state index contributed by atoms with van der Waals surface area (Å²) in [5.74, 6) is -3.80. The largest absolute Gasteiger partial charge is 0.479 e. The highest BCUT2D eigenvalue weighted by Gasteiger charge is 2.54. The molecule has 2 aromatic heterocycles. The van der Waals surface area contributed by atoms with Crippen molar-refractivity contribution in [2.45, 2.75) is 158 Å². The number of esters is 1. The minimum atomic E-state index is -1.71. The molecule has 4 aromatic rings. The summed E-state index contributed by atoms with van der Waals surface area (Å²) in [7, 11) is 0. The number of amides is 1. The number of fused-ring (bicyclic) bond motifs is 1. The fraction of sp³-hybridized carbons (Fsp3) is 0.612. The number of nitro groups is 1. The lowest BCUT2D eigenvalue weighted by molar-refractivity contribution is -0.384. The number of carbonyl (C=O) groups is 3. The molecule has 2 saturated heterocycles. The van der Waals surface area contributed by atoms with Crippen LogP contribution in [-0.2, 0) is 51.0 Å². The fourth-order valence-corrected chi connectivity index (χ4v) is 10.4. The second kappa shape index (κ2) is 23.6. The monoisotopic (exact) mass is 1010 g/mol. The molecule has 0 spiro atoms. The standard InChI is InChI=1S/C49H64N6O17/c1-25-17-29(45(61)50-16-15-31-23-54(53-52-31)22-30-21-51-34-20-32(55(65)66)13-14-33(30)34)19-35(42(25)72-48-41(60)40(59)38(57)26(2)67-48)69-49-44(71-47(64)28-11-7-4-8-12-28)43(39(58)37(24-56)70-49)68-36(46(62)63)18-27-9-5-3-6-10-27/h4,7-8,11-14,20-21,23,25-27,29,35-44,48-49,51,56-60H,3,5-6,9-10,15-19,22,24H2,1-2H3,(H,50,61)(H,62,63)/t25-,26-,29+,35+,36-,37+,38+,39-,40+,41-,42+,43-,44+,48-,49+/m0/s1. The summed E-state index contributed by atoms with van der Waals surface area (Å²) in [5, 5.41) is 88.4. The van der Waals surface area contributed by atoms with Crippen LogP contribution in [0.3, 0.4) is 0 Å². The van der Waals surface area contributed by atoms with Gasteiger partial charge in [0.2, 0.25) is 5.91 Å². The fourth-order valence-electron chi connectivity index (χ4n) is 10.4. The number of non-ortho nitro benzene ring substituents is 1.